The van der Waals surface area contributed by atoms with E-state index in [4.69, 9.17) is 4.74 Å². The maximum Gasteiger partial charge on any atom is 0.122 e. The number of hydrogen-bond donors (Lipinski definition) is 1. The van der Waals surface area contributed by atoms with E-state index in [1.807, 2.05) is 19.1 Å². The van der Waals surface area contributed by atoms with E-state index in [1.54, 1.807) is 0 Å². The van der Waals surface area contributed by atoms with Crippen LogP contribution in [-0.2, 0) is 12.8 Å². The van der Waals surface area contributed by atoms with E-state index in [0.717, 1.165) is 55.4 Å². The van der Waals surface area contributed by atoms with Crippen LogP contribution in [0.15, 0.2) is 12.1 Å². The summed E-state index contributed by atoms with van der Waals surface area (Å²) in [6, 6.07) is 3.98. The molecule has 1 aromatic carbocycles. The fourth-order valence-electron chi connectivity index (χ4n) is 2.09. The third-order valence-electron chi connectivity index (χ3n) is 3.15. The van der Waals surface area contributed by atoms with E-state index < -0.39 is 0 Å². The van der Waals surface area contributed by atoms with Crippen LogP contribution >= 0.6 is 0 Å². The van der Waals surface area contributed by atoms with Crippen LogP contribution in [0.5, 0.6) is 11.5 Å². The number of phenols is 1. The predicted molar refractivity (Wildman–Crippen MR) is 76.5 cm³/mol. The van der Waals surface area contributed by atoms with E-state index >= 15 is 0 Å². The first-order valence-electron chi connectivity index (χ1n) is 7.20. The predicted octanol–water partition coefficient (Wildman–Crippen LogP) is 4.48. The lowest BCUT2D eigenvalue weighted by Crippen LogP contribution is -1.97. The number of phenolic OH excluding ortho intramolecular Hbond substituents is 1. The van der Waals surface area contributed by atoms with Gasteiger partial charge in [0.05, 0.1) is 6.61 Å². The Labute approximate surface area is 111 Å². The molecule has 0 saturated heterocycles. The number of rotatable bonds is 8. The molecule has 0 heterocycles. The summed E-state index contributed by atoms with van der Waals surface area (Å²) >= 11 is 0. The van der Waals surface area contributed by atoms with Gasteiger partial charge < -0.3 is 9.84 Å². The number of benzene rings is 1. The summed E-state index contributed by atoms with van der Waals surface area (Å²) in [5, 5.41) is 10.3. The van der Waals surface area contributed by atoms with Gasteiger partial charge in [0.15, 0.2) is 0 Å². The Bertz CT molecular complexity index is 329. The number of aromatic hydroxyl groups is 1. The highest BCUT2D eigenvalue weighted by molar-refractivity contribution is 5.46. The van der Waals surface area contributed by atoms with Crippen molar-refractivity contribution < 1.29 is 9.84 Å². The first-order valence-corrected chi connectivity index (χ1v) is 7.20. The van der Waals surface area contributed by atoms with E-state index in [0.29, 0.717) is 12.4 Å². The molecule has 2 heteroatoms. The maximum atomic E-state index is 10.3. The summed E-state index contributed by atoms with van der Waals surface area (Å²) in [6.45, 7) is 7.00. The molecule has 1 N–H and O–H groups in total. The minimum absolute atomic E-state index is 0.486. The molecule has 0 aromatic heterocycles. The van der Waals surface area contributed by atoms with E-state index in [-0.39, 0.29) is 0 Å². The van der Waals surface area contributed by atoms with Crippen LogP contribution in [0.4, 0.5) is 0 Å². The molecule has 0 atom stereocenters. The molecule has 0 spiro atoms. The zero-order chi connectivity index (χ0) is 13.4. The Morgan fingerprint density at radius 2 is 1.44 bits per heavy atom. The van der Waals surface area contributed by atoms with E-state index in [2.05, 4.69) is 13.8 Å². The SMILES string of the molecule is CCCCc1cc(OCC)cc(CCCC)c1O. The lowest BCUT2D eigenvalue weighted by molar-refractivity contribution is 0.338. The van der Waals surface area contributed by atoms with Gasteiger partial charge in [0.1, 0.15) is 11.5 Å². The Morgan fingerprint density at radius 1 is 0.944 bits per heavy atom. The minimum atomic E-state index is 0.486. The Balaban J connectivity index is 2.95. The monoisotopic (exact) mass is 250 g/mol. The molecular formula is C16H26O2. The summed E-state index contributed by atoms with van der Waals surface area (Å²) < 4.78 is 5.59. The summed E-state index contributed by atoms with van der Waals surface area (Å²) in [6.07, 6.45) is 6.36. The minimum Gasteiger partial charge on any atom is -0.507 e. The van der Waals surface area contributed by atoms with Gasteiger partial charge >= 0.3 is 0 Å². The van der Waals surface area contributed by atoms with Gasteiger partial charge in [-0.2, -0.15) is 0 Å². The highest BCUT2D eigenvalue weighted by Crippen LogP contribution is 2.31. The van der Waals surface area contributed by atoms with Crippen molar-refractivity contribution in [2.24, 2.45) is 0 Å². The van der Waals surface area contributed by atoms with Gasteiger partial charge in [0.2, 0.25) is 0 Å². The Kier molecular flexibility index (Phi) is 6.63. The summed E-state index contributed by atoms with van der Waals surface area (Å²) in [5.41, 5.74) is 2.07. The first kappa shape index (κ1) is 14.9. The molecule has 0 aliphatic rings. The third kappa shape index (κ3) is 4.25. The molecule has 1 aromatic rings. The van der Waals surface area contributed by atoms with Gasteiger partial charge in [-0.05, 0) is 55.9 Å². The molecule has 0 aliphatic heterocycles. The number of unbranched alkanes of at least 4 members (excludes halogenated alkanes) is 2. The zero-order valence-electron chi connectivity index (χ0n) is 12.0. The molecule has 0 radical (unpaired) electrons. The van der Waals surface area contributed by atoms with Crippen LogP contribution in [0.1, 0.15) is 57.6 Å². The number of hydrogen-bond acceptors (Lipinski definition) is 2. The van der Waals surface area contributed by atoms with Crippen molar-refractivity contribution in [3.8, 4) is 11.5 Å². The van der Waals surface area contributed by atoms with E-state index in [1.165, 1.54) is 0 Å². The van der Waals surface area contributed by atoms with Crippen LogP contribution in [0.3, 0.4) is 0 Å². The molecule has 0 unspecified atom stereocenters. The normalized spacial score (nSPS) is 10.6. The maximum absolute atomic E-state index is 10.3. The standard InChI is InChI=1S/C16H26O2/c1-4-7-9-13-11-15(18-6-3)12-14(16(13)17)10-8-5-2/h11-12,17H,4-10H2,1-3H3. The summed E-state index contributed by atoms with van der Waals surface area (Å²) in [5.74, 6) is 1.38. The molecule has 2 nitrogen and oxygen atoms in total. The van der Waals surface area contributed by atoms with Crippen molar-refractivity contribution in [1.29, 1.82) is 0 Å². The summed E-state index contributed by atoms with van der Waals surface area (Å²) in [4.78, 5) is 0. The van der Waals surface area contributed by atoms with Gasteiger partial charge in [-0.3, -0.25) is 0 Å². The fraction of sp³-hybridized carbons (Fsp3) is 0.625. The Hall–Kier alpha value is -1.18. The first-order chi connectivity index (χ1) is 8.72. The van der Waals surface area contributed by atoms with Gasteiger partial charge in [-0.1, -0.05) is 26.7 Å². The molecule has 0 amide bonds. The van der Waals surface area contributed by atoms with Gasteiger partial charge in [-0.15, -0.1) is 0 Å². The molecular weight excluding hydrogens is 224 g/mol. The van der Waals surface area contributed by atoms with Gasteiger partial charge in [-0.25, -0.2) is 0 Å². The van der Waals surface area contributed by atoms with Crippen molar-refractivity contribution in [1.82, 2.24) is 0 Å². The molecule has 1 rings (SSSR count). The zero-order valence-corrected chi connectivity index (χ0v) is 12.0. The molecule has 0 bridgehead atoms. The number of aryl methyl sites for hydroxylation is 2. The number of ether oxygens (including phenoxy) is 1. The fourth-order valence-corrected chi connectivity index (χ4v) is 2.09. The van der Waals surface area contributed by atoms with Crippen molar-refractivity contribution in [3.05, 3.63) is 23.3 Å². The average Bonchev–Trinajstić information content (AvgIpc) is 2.37. The highest BCUT2D eigenvalue weighted by Gasteiger charge is 2.10. The van der Waals surface area contributed by atoms with Crippen molar-refractivity contribution in [2.75, 3.05) is 6.61 Å². The van der Waals surface area contributed by atoms with Crippen LogP contribution < -0.4 is 4.74 Å². The van der Waals surface area contributed by atoms with Crippen molar-refractivity contribution in [3.63, 3.8) is 0 Å². The van der Waals surface area contributed by atoms with Crippen molar-refractivity contribution in [2.45, 2.75) is 59.3 Å². The van der Waals surface area contributed by atoms with Crippen LogP contribution in [0, 0.1) is 0 Å². The third-order valence-corrected chi connectivity index (χ3v) is 3.15. The Morgan fingerprint density at radius 3 is 1.83 bits per heavy atom. The smallest absolute Gasteiger partial charge is 0.122 e. The largest absolute Gasteiger partial charge is 0.507 e. The molecule has 0 aliphatic carbocycles. The lowest BCUT2D eigenvalue weighted by atomic mass is 9.99. The second-order valence-electron chi connectivity index (χ2n) is 4.73. The van der Waals surface area contributed by atoms with Crippen molar-refractivity contribution >= 4 is 0 Å². The van der Waals surface area contributed by atoms with E-state index in [9.17, 15) is 5.11 Å². The average molecular weight is 250 g/mol. The lowest BCUT2D eigenvalue weighted by Gasteiger charge is -2.13. The second kappa shape index (κ2) is 8.02. The molecule has 0 saturated carbocycles. The van der Waals surface area contributed by atoms with Gasteiger partial charge in [0.25, 0.3) is 0 Å². The summed E-state index contributed by atoms with van der Waals surface area (Å²) in [7, 11) is 0. The quantitative estimate of drug-likeness (QED) is 0.737. The molecule has 0 fully saturated rings. The second-order valence-corrected chi connectivity index (χ2v) is 4.73. The highest BCUT2D eigenvalue weighted by atomic mass is 16.5. The van der Waals surface area contributed by atoms with Crippen LogP contribution in [0.25, 0.3) is 0 Å². The van der Waals surface area contributed by atoms with Gasteiger partial charge in [0, 0.05) is 0 Å². The van der Waals surface area contributed by atoms with Crippen LogP contribution in [0.2, 0.25) is 0 Å². The van der Waals surface area contributed by atoms with Crippen LogP contribution in [-0.4, -0.2) is 11.7 Å². The molecule has 102 valence electrons. The topological polar surface area (TPSA) is 29.5 Å². The molecule has 18 heavy (non-hydrogen) atoms.